The summed E-state index contributed by atoms with van der Waals surface area (Å²) in [4.78, 5) is 12.2. The quantitative estimate of drug-likeness (QED) is 0.784. The van der Waals surface area contributed by atoms with Crippen LogP contribution < -0.4 is 5.32 Å². The van der Waals surface area contributed by atoms with E-state index in [1.807, 2.05) is 36.4 Å². The first-order valence-corrected chi connectivity index (χ1v) is 8.50. The van der Waals surface area contributed by atoms with E-state index in [1.165, 1.54) is 5.56 Å². The predicted molar refractivity (Wildman–Crippen MR) is 91.0 cm³/mol. The standard InChI is InChI=1S/C17H15Br2NO/c18-13-6-4-12(5-7-13)15-9-16(15)17(21)20-10-11-2-1-3-14(19)8-11/h1-8,15-16H,9-10H2,(H,20,21). The van der Waals surface area contributed by atoms with Crippen molar-refractivity contribution < 1.29 is 4.79 Å². The van der Waals surface area contributed by atoms with Crippen molar-refractivity contribution in [3.63, 3.8) is 0 Å². The van der Waals surface area contributed by atoms with Gasteiger partial charge in [0.05, 0.1) is 0 Å². The van der Waals surface area contributed by atoms with Gasteiger partial charge in [-0.25, -0.2) is 0 Å². The maximum absolute atomic E-state index is 12.2. The normalized spacial score (nSPS) is 20.1. The van der Waals surface area contributed by atoms with Crippen molar-refractivity contribution >= 4 is 37.8 Å². The Morgan fingerprint density at radius 1 is 1.10 bits per heavy atom. The van der Waals surface area contributed by atoms with Gasteiger partial charge >= 0.3 is 0 Å². The molecule has 2 nitrogen and oxygen atoms in total. The second kappa shape index (κ2) is 6.32. The van der Waals surface area contributed by atoms with Crippen molar-refractivity contribution in [2.24, 2.45) is 5.92 Å². The molecule has 1 aliphatic rings. The molecule has 2 aromatic carbocycles. The molecule has 0 aromatic heterocycles. The molecule has 0 saturated heterocycles. The van der Waals surface area contributed by atoms with Crippen LogP contribution in [0.1, 0.15) is 23.5 Å². The Hall–Kier alpha value is -1.13. The van der Waals surface area contributed by atoms with Crippen LogP contribution in [0.5, 0.6) is 0 Å². The lowest BCUT2D eigenvalue weighted by Crippen LogP contribution is -2.24. The lowest BCUT2D eigenvalue weighted by molar-refractivity contribution is -0.122. The Bertz CT molecular complexity index is 654. The summed E-state index contributed by atoms with van der Waals surface area (Å²) in [6.45, 7) is 0.585. The Morgan fingerprint density at radius 3 is 2.57 bits per heavy atom. The van der Waals surface area contributed by atoms with Crippen LogP contribution >= 0.6 is 31.9 Å². The van der Waals surface area contributed by atoms with Gasteiger partial charge in [0.15, 0.2) is 0 Å². The molecule has 2 atom stereocenters. The number of amides is 1. The number of hydrogen-bond acceptors (Lipinski definition) is 1. The van der Waals surface area contributed by atoms with E-state index >= 15 is 0 Å². The number of hydrogen-bond donors (Lipinski definition) is 1. The zero-order valence-corrected chi connectivity index (χ0v) is 14.5. The minimum atomic E-state index is 0.123. The SMILES string of the molecule is O=C(NCc1cccc(Br)c1)C1CC1c1ccc(Br)cc1. The van der Waals surface area contributed by atoms with Gasteiger partial charge < -0.3 is 5.32 Å². The van der Waals surface area contributed by atoms with Crippen molar-refractivity contribution in [2.75, 3.05) is 0 Å². The molecular weight excluding hydrogens is 394 g/mol. The summed E-state index contributed by atoms with van der Waals surface area (Å²) < 4.78 is 2.11. The molecule has 1 fully saturated rings. The first kappa shape index (κ1) is 14.8. The summed E-state index contributed by atoms with van der Waals surface area (Å²) in [5, 5.41) is 3.03. The van der Waals surface area contributed by atoms with E-state index in [-0.39, 0.29) is 11.8 Å². The van der Waals surface area contributed by atoms with Crippen molar-refractivity contribution in [3.05, 3.63) is 68.6 Å². The van der Waals surface area contributed by atoms with Crippen LogP contribution in [0.4, 0.5) is 0 Å². The van der Waals surface area contributed by atoms with Crippen molar-refractivity contribution in [1.82, 2.24) is 5.32 Å². The Balaban J connectivity index is 1.54. The highest BCUT2D eigenvalue weighted by Crippen LogP contribution is 2.47. The van der Waals surface area contributed by atoms with E-state index in [4.69, 9.17) is 0 Å². The Kier molecular flexibility index (Phi) is 4.45. The average molecular weight is 409 g/mol. The molecule has 1 aliphatic carbocycles. The lowest BCUT2D eigenvalue weighted by Gasteiger charge is -2.06. The molecule has 0 radical (unpaired) electrons. The van der Waals surface area contributed by atoms with Gasteiger partial charge in [0.2, 0.25) is 5.91 Å². The third-order valence-corrected chi connectivity index (χ3v) is 4.80. The highest BCUT2D eigenvalue weighted by atomic mass is 79.9. The fourth-order valence-corrected chi connectivity index (χ4v) is 3.24. The van der Waals surface area contributed by atoms with Crippen LogP contribution in [0.2, 0.25) is 0 Å². The number of carbonyl (C=O) groups is 1. The van der Waals surface area contributed by atoms with Gasteiger partial charge in [-0.1, -0.05) is 56.1 Å². The zero-order chi connectivity index (χ0) is 14.8. The fraction of sp³-hybridized carbons (Fsp3) is 0.235. The van der Waals surface area contributed by atoms with Crippen molar-refractivity contribution in [2.45, 2.75) is 18.9 Å². The molecule has 1 amide bonds. The summed E-state index contributed by atoms with van der Waals surface area (Å²) in [6, 6.07) is 16.3. The van der Waals surface area contributed by atoms with Gasteiger partial charge in [-0.15, -0.1) is 0 Å². The molecule has 0 aliphatic heterocycles. The van der Waals surface area contributed by atoms with E-state index in [0.717, 1.165) is 20.9 Å². The molecule has 1 saturated carbocycles. The second-order valence-corrected chi connectivity index (χ2v) is 7.18. The maximum atomic E-state index is 12.2. The van der Waals surface area contributed by atoms with Crippen molar-refractivity contribution in [1.29, 1.82) is 0 Å². The molecular formula is C17H15Br2NO. The van der Waals surface area contributed by atoms with Gasteiger partial charge in [0.1, 0.15) is 0 Å². The number of nitrogens with one attached hydrogen (secondary N) is 1. The number of benzene rings is 2. The largest absolute Gasteiger partial charge is 0.352 e. The van der Waals surface area contributed by atoms with Crippen LogP contribution in [0.15, 0.2) is 57.5 Å². The summed E-state index contributed by atoms with van der Waals surface area (Å²) in [5.41, 5.74) is 2.36. The van der Waals surface area contributed by atoms with E-state index in [9.17, 15) is 4.79 Å². The van der Waals surface area contributed by atoms with Gasteiger partial charge in [-0.2, -0.15) is 0 Å². The molecule has 4 heteroatoms. The monoisotopic (exact) mass is 407 g/mol. The van der Waals surface area contributed by atoms with Crippen LogP contribution in [-0.4, -0.2) is 5.91 Å². The van der Waals surface area contributed by atoms with Gasteiger partial charge in [0, 0.05) is 21.4 Å². The number of carbonyl (C=O) groups excluding carboxylic acids is 1. The van der Waals surface area contributed by atoms with E-state index in [0.29, 0.717) is 12.5 Å². The van der Waals surface area contributed by atoms with Crippen LogP contribution in [-0.2, 0) is 11.3 Å². The van der Waals surface area contributed by atoms with Crippen LogP contribution in [0.25, 0.3) is 0 Å². The van der Waals surface area contributed by atoms with Gasteiger partial charge in [-0.05, 0) is 47.7 Å². The minimum Gasteiger partial charge on any atom is -0.352 e. The first-order chi connectivity index (χ1) is 10.1. The molecule has 2 unspecified atom stereocenters. The van der Waals surface area contributed by atoms with E-state index in [1.54, 1.807) is 0 Å². The molecule has 2 aromatic rings. The third-order valence-electron chi connectivity index (χ3n) is 3.78. The maximum Gasteiger partial charge on any atom is 0.224 e. The Morgan fingerprint density at radius 2 is 1.86 bits per heavy atom. The smallest absolute Gasteiger partial charge is 0.224 e. The molecule has 108 valence electrons. The van der Waals surface area contributed by atoms with E-state index in [2.05, 4.69) is 49.3 Å². The third kappa shape index (κ3) is 3.74. The molecule has 21 heavy (non-hydrogen) atoms. The second-order valence-electron chi connectivity index (χ2n) is 5.35. The molecule has 0 heterocycles. The summed E-state index contributed by atoms with van der Waals surface area (Å²) in [5.74, 6) is 0.654. The van der Waals surface area contributed by atoms with Gasteiger partial charge in [-0.3, -0.25) is 4.79 Å². The number of rotatable bonds is 4. The summed E-state index contributed by atoms with van der Waals surface area (Å²) in [7, 11) is 0. The van der Waals surface area contributed by atoms with Crippen LogP contribution in [0.3, 0.4) is 0 Å². The summed E-state index contributed by atoms with van der Waals surface area (Å²) >= 11 is 6.87. The first-order valence-electron chi connectivity index (χ1n) is 6.91. The van der Waals surface area contributed by atoms with Crippen LogP contribution in [0, 0.1) is 5.92 Å². The predicted octanol–water partition coefficient (Wildman–Crippen LogP) is 4.63. The topological polar surface area (TPSA) is 29.1 Å². The highest BCUT2D eigenvalue weighted by Gasteiger charge is 2.43. The highest BCUT2D eigenvalue weighted by molar-refractivity contribution is 9.10. The molecule has 0 spiro atoms. The molecule has 1 N–H and O–H groups in total. The Labute approximate surface area is 141 Å². The lowest BCUT2D eigenvalue weighted by atomic mass is 10.1. The molecule has 0 bridgehead atoms. The summed E-state index contributed by atoms with van der Waals surface area (Å²) in [6.07, 6.45) is 0.950. The van der Waals surface area contributed by atoms with Crippen molar-refractivity contribution in [3.8, 4) is 0 Å². The van der Waals surface area contributed by atoms with E-state index < -0.39 is 0 Å². The van der Waals surface area contributed by atoms with Gasteiger partial charge in [0.25, 0.3) is 0 Å². The molecule has 3 rings (SSSR count). The average Bonchev–Trinajstić information content (AvgIpc) is 3.26. The number of halogens is 2. The minimum absolute atomic E-state index is 0.123. The fourth-order valence-electron chi connectivity index (χ4n) is 2.53. The zero-order valence-electron chi connectivity index (χ0n) is 11.4.